The van der Waals surface area contributed by atoms with Gasteiger partial charge in [-0.2, -0.15) is 5.26 Å². The molecule has 118 valence electrons. The molecule has 0 aromatic heterocycles. The standard InChI is InChI=1S/C16H21N3O2S/c1-12-9-19(10-13(2)21-12)11-16(20)18-14-5-3-4-6-15(14)22-8-7-17/h3-6,12-13H,8-11H2,1-2H3,(H,18,20)/t12-,13+. The molecule has 0 radical (unpaired) electrons. The third kappa shape index (κ3) is 5.02. The second kappa shape index (κ2) is 8.18. The number of para-hydroxylation sites is 1. The number of thioether (sulfide) groups is 1. The topological polar surface area (TPSA) is 65.4 Å². The van der Waals surface area contributed by atoms with E-state index in [-0.39, 0.29) is 18.1 Å². The zero-order valence-corrected chi connectivity index (χ0v) is 13.7. The number of anilines is 1. The third-order valence-corrected chi connectivity index (χ3v) is 4.26. The summed E-state index contributed by atoms with van der Waals surface area (Å²) in [5.41, 5.74) is 0.766. The van der Waals surface area contributed by atoms with Crippen molar-refractivity contribution in [1.29, 1.82) is 5.26 Å². The van der Waals surface area contributed by atoms with Crippen LogP contribution in [0.2, 0.25) is 0 Å². The van der Waals surface area contributed by atoms with Crippen LogP contribution in [0.4, 0.5) is 5.69 Å². The van der Waals surface area contributed by atoms with Crippen molar-refractivity contribution in [3.63, 3.8) is 0 Å². The van der Waals surface area contributed by atoms with E-state index in [4.69, 9.17) is 10.00 Å². The van der Waals surface area contributed by atoms with Crippen molar-refractivity contribution in [3.8, 4) is 6.07 Å². The largest absolute Gasteiger partial charge is 0.373 e. The smallest absolute Gasteiger partial charge is 0.238 e. The first kappa shape index (κ1) is 16.8. The number of hydrogen-bond acceptors (Lipinski definition) is 5. The van der Waals surface area contributed by atoms with Crippen molar-refractivity contribution in [1.82, 2.24) is 4.90 Å². The molecule has 1 aliphatic rings. The number of carbonyl (C=O) groups excluding carboxylic acids is 1. The summed E-state index contributed by atoms with van der Waals surface area (Å²) in [6.07, 6.45) is 0.296. The molecule has 1 fully saturated rings. The molecule has 5 nitrogen and oxygen atoms in total. The predicted octanol–water partition coefficient (Wildman–Crippen LogP) is 2.35. The molecular formula is C16H21N3O2S. The normalized spacial score (nSPS) is 22.0. The quantitative estimate of drug-likeness (QED) is 0.844. The summed E-state index contributed by atoms with van der Waals surface area (Å²) in [6.45, 7) is 5.93. The maximum absolute atomic E-state index is 12.3. The zero-order valence-electron chi connectivity index (χ0n) is 12.9. The van der Waals surface area contributed by atoms with Gasteiger partial charge >= 0.3 is 0 Å². The Hall–Kier alpha value is -1.55. The van der Waals surface area contributed by atoms with Gasteiger partial charge in [-0.05, 0) is 26.0 Å². The van der Waals surface area contributed by atoms with E-state index >= 15 is 0 Å². The minimum absolute atomic E-state index is 0.0358. The summed E-state index contributed by atoms with van der Waals surface area (Å²) < 4.78 is 5.67. The van der Waals surface area contributed by atoms with Gasteiger partial charge in [-0.1, -0.05) is 12.1 Å². The Kier molecular flexibility index (Phi) is 6.25. The van der Waals surface area contributed by atoms with E-state index in [0.717, 1.165) is 23.7 Å². The number of amides is 1. The lowest BCUT2D eigenvalue weighted by Gasteiger charge is -2.34. The molecule has 6 heteroatoms. The van der Waals surface area contributed by atoms with Crippen molar-refractivity contribution in [2.75, 3.05) is 30.7 Å². The van der Waals surface area contributed by atoms with Gasteiger partial charge in [0, 0.05) is 18.0 Å². The Balaban J connectivity index is 1.93. The highest BCUT2D eigenvalue weighted by Gasteiger charge is 2.23. The fraction of sp³-hybridized carbons (Fsp3) is 0.500. The molecule has 2 rings (SSSR count). The van der Waals surface area contributed by atoms with Crippen LogP contribution in [-0.4, -0.2) is 48.4 Å². The molecule has 1 aromatic carbocycles. The molecular weight excluding hydrogens is 298 g/mol. The number of hydrogen-bond donors (Lipinski definition) is 1. The summed E-state index contributed by atoms with van der Waals surface area (Å²) in [6, 6.07) is 9.66. The average Bonchev–Trinajstić information content (AvgIpc) is 2.45. The number of ether oxygens (including phenoxy) is 1. The second-order valence-corrected chi connectivity index (χ2v) is 6.46. The Labute approximate surface area is 135 Å². The zero-order chi connectivity index (χ0) is 15.9. The number of carbonyl (C=O) groups is 1. The summed E-state index contributed by atoms with van der Waals surface area (Å²) in [5.74, 6) is 0.331. The molecule has 2 atom stereocenters. The molecule has 1 heterocycles. The minimum Gasteiger partial charge on any atom is -0.373 e. The molecule has 0 saturated carbocycles. The van der Waals surface area contributed by atoms with Crippen molar-refractivity contribution in [2.24, 2.45) is 0 Å². The van der Waals surface area contributed by atoms with Crippen LogP contribution in [0.25, 0.3) is 0 Å². The van der Waals surface area contributed by atoms with Crippen LogP contribution in [0.1, 0.15) is 13.8 Å². The lowest BCUT2D eigenvalue weighted by molar-refractivity contribution is -0.121. The molecule has 0 spiro atoms. The predicted molar refractivity (Wildman–Crippen MR) is 87.9 cm³/mol. The molecule has 22 heavy (non-hydrogen) atoms. The van der Waals surface area contributed by atoms with E-state index in [9.17, 15) is 4.79 Å². The molecule has 1 amide bonds. The number of benzene rings is 1. The fourth-order valence-corrected chi connectivity index (χ4v) is 3.28. The first-order valence-electron chi connectivity index (χ1n) is 7.35. The van der Waals surface area contributed by atoms with E-state index in [1.54, 1.807) is 0 Å². The highest BCUT2D eigenvalue weighted by molar-refractivity contribution is 7.99. The molecule has 1 aromatic rings. The average molecular weight is 319 g/mol. The highest BCUT2D eigenvalue weighted by atomic mass is 32.2. The third-order valence-electron chi connectivity index (χ3n) is 3.32. The maximum Gasteiger partial charge on any atom is 0.238 e. The lowest BCUT2D eigenvalue weighted by Crippen LogP contribution is -2.48. The Morgan fingerprint density at radius 1 is 1.41 bits per heavy atom. The van der Waals surface area contributed by atoms with E-state index in [1.807, 2.05) is 38.1 Å². The first-order valence-corrected chi connectivity index (χ1v) is 8.33. The van der Waals surface area contributed by atoms with Crippen molar-refractivity contribution < 1.29 is 9.53 Å². The maximum atomic E-state index is 12.3. The van der Waals surface area contributed by atoms with E-state index in [1.165, 1.54) is 11.8 Å². The Morgan fingerprint density at radius 2 is 2.09 bits per heavy atom. The number of morpholine rings is 1. The van der Waals surface area contributed by atoms with Crippen molar-refractivity contribution >= 4 is 23.4 Å². The first-order chi connectivity index (χ1) is 10.6. The summed E-state index contributed by atoms with van der Waals surface area (Å²) in [4.78, 5) is 15.3. The van der Waals surface area contributed by atoms with Gasteiger partial charge in [0.2, 0.25) is 5.91 Å². The molecule has 1 saturated heterocycles. The molecule has 0 unspecified atom stereocenters. The Bertz CT molecular complexity index is 549. The van der Waals surface area contributed by atoms with Gasteiger partial charge in [-0.3, -0.25) is 9.69 Å². The van der Waals surface area contributed by atoms with Gasteiger partial charge in [0.25, 0.3) is 0 Å². The fourth-order valence-electron chi connectivity index (χ4n) is 2.61. The molecule has 1 N–H and O–H groups in total. The number of rotatable bonds is 5. The van der Waals surface area contributed by atoms with Crippen LogP contribution in [0, 0.1) is 11.3 Å². The minimum atomic E-state index is -0.0358. The Morgan fingerprint density at radius 3 is 2.77 bits per heavy atom. The number of nitriles is 1. The van der Waals surface area contributed by atoms with E-state index in [0.29, 0.717) is 12.3 Å². The summed E-state index contributed by atoms with van der Waals surface area (Å²) in [5, 5.41) is 11.6. The summed E-state index contributed by atoms with van der Waals surface area (Å²) in [7, 11) is 0. The van der Waals surface area contributed by atoms with Crippen LogP contribution >= 0.6 is 11.8 Å². The van der Waals surface area contributed by atoms with Crippen LogP contribution in [-0.2, 0) is 9.53 Å². The van der Waals surface area contributed by atoms with Crippen LogP contribution < -0.4 is 5.32 Å². The number of nitrogens with one attached hydrogen (secondary N) is 1. The van der Waals surface area contributed by atoms with Crippen LogP contribution in [0.5, 0.6) is 0 Å². The molecule has 0 bridgehead atoms. The van der Waals surface area contributed by atoms with E-state index < -0.39 is 0 Å². The van der Waals surface area contributed by atoms with Crippen LogP contribution in [0.3, 0.4) is 0 Å². The van der Waals surface area contributed by atoms with Gasteiger partial charge in [0.15, 0.2) is 0 Å². The van der Waals surface area contributed by atoms with Crippen molar-refractivity contribution in [2.45, 2.75) is 31.0 Å². The van der Waals surface area contributed by atoms with Gasteiger partial charge in [-0.15, -0.1) is 11.8 Å². The molecule has 1 aliphatic heterocycles. The van der Waals surface area contributed by atoms with Crippen LogP contribution in [0.15, 0.2) is 29.2 Å². The monoisotopic (exact) mass is 319 g/mol. The SMILES string of the molecule is C[C@@H]1CN(CC(=O)Nc2ccccc2SCC#N)C[C@H](C)O1. The highest BCUT2D eigenvalue weighted by Crippen LogP contribution is 2.26. The summed E-state index contributed by atoms with van der Waals surface area (Å²) >= 11 is 1.43. The van der Waals surface area contributed by atoms with Crippen molar-refractivity contribution in [3.05, 3.63) is 24.3 Å². The van der Waals surface area contributed by atoms with Gasteiger partial charge in [0.1, 0.15) is 0 Å². The number of nitrogens with zero attached hydrogens (tertiary/aromatic N) is 2. The van der Waals surface area contributed by atoms with Gasteiger partial charge in [0.05, 0.1) is 36.3 Å². The van der Waals surface area contributed by atoms with Gasteiger partial charge in [-0.25, -0.2) is 0 Å². The van der Waals surface area contributed by atoms with E-state index in [2.05, 4.69) is 16.3 Å². The lowest BCUT2D eigenvalue weighted by atomic mass is 10.2. The second-order valence-electron chi connectivity index (χ2n) is 5.44. The molecule has 0 aliphatic carbocycles. The van der Waals surface area contributed by atoms with Gasteiger partial charge < -0.3 is 10.1 Å².